The van der Waals surface area contributed by atoms with E-state index < -0.39 is 27.8 Å². The second-order valence-corrected chi connectivity index (χ2v) is 8.87. The molecule has 2 aromatic rings. The molecular formula is C22H26N3O7S-. The van der Waals surface area contributed by atoms with Gasteiger partial charge in [-0.15, -0.1) is 0 Å². The van der Waals surface area contributed by atoms with Crippen molar-refractivity contribution >= 4 is 27.8 Å². The Balaban J connectivity index is 2.22. The number of carbonyl (C=O) groups excluding carboxylic acids is 3. The van der Waals surface area contributed by atoms with E-state index in [4.69, 9.17) is 4.74 Å². The lowest BCUT2D eigenvalue weighted by Crippen LogP contribution is -2.32. The van der Waals surface area contributed by atoms with Crippen LogP contribution in [0.4, 0.5) is 0 Å². The average molecular weight is 477 g/mol. The van der Waals surface area contributed by atoms with Gasteiger partial charge in [0.15, 0.2) is 0 Å². The molecule has 1 heterocycles. The first-order chi connectivity index (χ1) is 15.7. The maximum atomic E-state index is 12.7. The molecule has 0 unspecified atom stereocenters. The molecule has 2 amide bonds. The highest BCUT2D eigenvalue weighted by atomic mass is 32.2. The largest absolute Gasteiger partial charge is 0.543 e. The number of aromatic nitrogens is 1. The standard InChI is InChI=1S/C22H27N3O7S/c1-3-4-5-7-15-12-17(14-24-19(15)22(28)29)21(27)25-33(30,31)18-9-6-8-16(13-18)20(26)23-10-11-32-2/h6,8-9,12-14H,3-5,7,10-11H2,1-2H3,(H,23,26)(H,25,27)(H,28,29)/p-1. The number of nitrogens with zero attached hydrogens (tertiary/aromatic N) is 1. The number of nitrogens with one attached hydrogen (secondary N) is 2. The lowest BCUT2D eigenvalue weighted by Gasteiger charge is -2.12. The van der Waals surface area contributed by atoms with Crippen molar-refractivity contribution in [3.05, 3.63) is 58.9 Å². The van der Waals surface area contributed by atoms with Crippen molar-refractivity contribution in [2.75, 3.05) is 20.3 Å². The highest BCUT2D eigenvalue weighted by molar-refractivity contribution is 7.90. The smallest absolute Gasteiger partial charge is 0.266 e. The van der Waals surface area contributed by atoms with Crippen LogP contribution in [0.3, 0.4) is 0 Å². The summed E-state index contributed by atoms with van der Waals surface area (Å²) in [4.78, 5) is 39.6. The molecule has 2 rings (SSSR count). The number of carboxylic acids is 1. The fourth-order valence-electron chi connectivity index (χ4n) is 2.99. The number of carbonyl (C=O) groups is 3. The molecule has 178 valence electrons. The normalized spacial score (nSPS) is 11.1. The average Bonchev–Trinajstić information content (AvgIpc) is 2.79. The van der Waals surface area contributed by atoms with E-state index in [1.165, 1.54) is 31.4 Å². The number of rotatable bonds is 12. The zero-order chi connectivity index (χ0) is 24.4. The minimum Gasteiger partial charge on any atom is -0.543 e. The number of unbranched alkanes of at least 4 members (excludes halogenated alkanes) is 2. The molecule has 1 aromatic carbocycles. The third kappa shape index (κ3) is 7.36. The predicted molar refractivity (Wildman–Crippen MR) is 117 cm³/mol. The molecule has 0 aliphatic carbocycles. The molecule has 0 spiro atoms. The molecule has 11 heteroatoms. The quantitative estimate of drug-likeness (QED) is 0.424. The molecule has 0 aliphatic rings. The Morgan fingerprint density at radius 3 is 2.52 bits per heavy atom. The number of hydrogen-bond donors (Lipinski definition) is 2. The summed E-state index contributed by atoms with van der Waals surface area (Å²) < 4.78 is 32.2. The summed E-state index contributed by atoms with van der Waals surface area (Å²) in [6.45, 7) is 2.54. The van der Waals surface area contributed by atoms with Crippen LogP contribution in [0.1, 0.15) is 63.0 Å². The topological polar surface area (TPSA) is 155 Å². The van der Waals surface area contributed by atoms with Crippen LogP contribution >= 0.6 is 0 Å². The zero-order valence-corrected chi connectivity index (χ0v) is 19.2. The van der Waals surface area contributed by atoms with E-state index in [0.29, 0.717) is 25.0 Å². The van der Waals surface area contributed by atoms with Gasteiger partial charge in [0, 0.05) is 25.4 Å². The van der Waals surface area contributed by atoms with E-state index in [1.54, 1.807) is 0 Å². The maximum Gasteiger partial charge on any atom is 0.266 e. The van der Waals surface area contributed by atoms with E-state index in [2.05, 4.69) is 10.3 Å². The SMILES string of the molecule is CCCCCc1cc(C(=O)NS(=O)(=O)c2cccc(C(=O)NCCOC)c2)cnc1C(=O)[O-]. The van der Waals surface area contributed by atoms with Gasteiger partial charge in [0.05, 0.1) is 28.7 Å². The predicted octanol–water partition coefficient (Wildman–Crippen LogP) is 0.673. The Hall–Kier alpha value is -3.31. The lowest BCUT2D eigenvalue weighted by atomic mass is 10.0. The van der Waals surface area contributed by atoms with Gasteiger partial charge in [-0.2, -0.15) is 0 Å². The molecule has 2 N–H and O–H groups in total. The summed E-state index contributed by atoms with van der Waals surface area (Å²) in [5.74, 6) is -2.94. The van der Waals surface area contributed by atoms with Crippen molar-refractivity contribution in [3.8, 4) is 0 Å². The van der Waals surface area contributed by atoms with Crippen LogP contribution in [0.15, 0.2) is 41.4 Å². The van der Waals surface area contributed by atoms with Gasteiger partial charge >= 0.3 is 0 Å². The van der Waals surface area contributed by atoms with Crippen molar-refractivity contribution in [1.82, 2.24) is 15.0 Å². The van der Waals surface area contributed by atoms with Gasteiger partial charge < -0.3 is 20.0 Å². The monoisotopic (exact) mass is 476 g/mol. The van der Waals surface area contributed by atoms with Gasteiger partial charge in [0.25, 0.3) is 21.8 Å². The summed E-state index contributed by atoms with van der Waals surface area (Å²) in [6, 6.07) is 6.51. The van der Waals surface area contributed by atoms with E-state index in [0.717, 1.165) is 25.1 Å². The van der Waals surface area contributed by atoms with Crippen molar-refractivity contribution in [3.63, 3.8) is 0 Å². The van der Waals surface area contributed by atoms with Gasteiger partial charge in [0.1, 0.15) is 0 Å². The van der Waals surface area contributed by atoms with Crippen LogP contribution in [0.25, 0.3) is 0 Å². The van der Waals surface area contributed by atoms with E-state index in [9.17, 15) is 27.9 Å². The molecule has 0 saturated carbocycles. The van der Waals surface area contributed by atoms with Gasteiger partial charge in [-0.05, 0) is 42.7 Å². The number of amides is 2. The Morgan fingerprint density at radius 2 is 1.85 bits per heavy atom. The molecule has 0 bridgehead atoms. The molecule has 33 heavy (non-hydrogen) atoms. The molecule has 10 nitrogen and oxygen atoms in total. The second-order valence-electron chi connectivity index (χ2n) is 7.19. The second kappa shape index (κ2) is 12.1. The summed E-state index contributed by atoms with van der Waals surface area (Å²) in [6.07, 6.45) is 3.79. The minimum atomic E-state index is -4.31. The Bertz CT molecular complexity index is 1120. The number of benzene rings is 1. The van der Waals surface area contributed by atoms with Crippen molar-refractivity contribution < 1.29 is 32.6 Å². The van der Waals surface area contributed by atoms with Gasteiger partial charge in [-0.25, -0.2) is 13.1 Å². The lowest BCUT2D eigenvalue weighted by molar-refractivity contribution is -0.255. The Labute approximate surface area is 192 Å². The van der Waals surface area contributed by atoms with E-state index >= 15 is 0 Å². The fraction of sp³-hybridized carbons (Fsp3) is 0.364. The number of aromatic carboxylic acids is 1. The van der Waals surface area contributed by atoms with Crippen molar-refractivity contribution in [2.45, 2.75) is 37.5 Å². The number of pyridine rings is 1. The van der Waals surface area contributed by atoms with Gasteiger partial charge in [0.2, 0.25) is 0 Å². The highest BCUT2D eigenvalue weighted by Crippen LogP contribution is 2.15. The van der Waals surface area contributed by atoms with E-state index in [1.807, 2.05) is 11.6 Å². The highest BCUT2D eigenvalue weighted by Gasteiger charge is 2.21. The zero-order valence-electron chi connectivity index (χ0n) is 18.4. The number of hydrogen-bond acceptors (Lipinski definition) is 8. The molecular weight excluding hydrogens is 450 g/mol. The summed E-state index contributed by atoms with van der Waals surface area (Å²) in [7, 11) is -2.83. The molecule has 1 aromatic heterocycles. The minimum absolute atomic E-state index is 0.0969. The summed E-state index contributed by atoms with van der Waals surface area (Å²) >= 11 is 0. The molecule has 0 fully saturated rings. The maximum absolute atomic E-state index is 12.7. The van der Waals surface area contributed by atoms with Crippen LogP contribution in [0.2, 0.25) is 0 Å². The third-order valence-electron chi connectivity index (χ3n) is 4.70. The first-order valence-corrected chi connectivity index (χ1v) is 11.8. The van der Waals surface area contributed by atoms with Crippen LogP contribution in [0, 0.1) is 0 Å². The first-order valence-electron chi connectivity index (χ1n) is 10.3. The van der Waals surface area contributed by atoms with Gasteiger partial charge in [-0.3, -0.25) is 14.6 Å². The number of ether oxygens (including phenoxy) is 1. The number of carboxylic acid groups (broad SMARTS) is 1. The van der Waals surface area contributed by atoms with E-state index in [-0.39, 0.29) is 28.3 Å². The number of aryl methyl sites for hydroxylation is 1. The van der Waals surface area contributed by atoms with Crippen LogP contribution in [-0.4, -0.2) is 51.4 Å². The summed E-state index contributed by atoms with van der Waals surface area (Å²) in [5.41, 5.74) is 0.00377. The molecule has 0 radical (unpaired) electrons. The van der Waals surface area contributed by atoms with Gasteiger partial charge in [-0.1, -0.05) is 25.8 Å². The van der Waals surface area contributed by atoms with Crippen molar-refractivity contribution in [2.24, 2.45) is 0 Å². The van der Waals surface area contributed by atoms with Crippen LogP contribution in [0.5, 0.6) is 0 Å². The molecule has 0 atom stereocenters. The summed E-state index contributed by atoms with van der Waals surface area (Å²) in [5, 5.41) is 13.9. The molecule has 0 saturated heterocycles. The fourth-order valence-corrected chi connectivity index (χ4v) is 4.01. The Morgan fingerprint density at radius 1 is 1.09 bits per heavy atom. The van der Waals surface area contributed by atoms with Crippen LogP contribution < -0.4 is 15.1 Å². The number of methoxy groups -OCH3 is 1. The first kappa shape index (κ1) is 25.9. The van der Waals surface area contributed by atoms with Crippen LogP contribution in [-0.2, 0) is 21.2 Å². The Kier molecular flexibility index (Phi) is 9.49. The molecule has 0 aliphatic heterocycles. The number of sulfonamides is 1. The third-order valence-corrected chi connectivity index (χ3v) is 6.03. The van der Waals surface area contributed by atoms with Crippen molar-refractivity contribution in [1.29, 1.82) is 0 Å².